The topological polar surface area (TPSA) is 36.4 Å². The number of aromatic nitrogens is 1. The molecule has 1 aromatic rings. The number of aliphatic hydroxyl groups excluding tert-OH is 1. The molecule has 0 bridgehead atoms. The quantitative estimate of drug-likeness (QED) is 0.806. The molecule has 1 fully saturated rings. The summed E-state index contributed by atoms with van der Waals surface area (Å²) in [7, 11) is 0. The molecule has 3 heteroatoms. The average molecular weight is 206 g/mol. The van der Waals surface area contributed by atoms with Gasteiger partial charge in [-0.1, -0.05) is 0 Å². The Labute approximate surface area is 90.8 Å². The van der Waals surface area contributed by atoms with Crippen molar-refractivity contribution in [1.29, 1.82) is 0 Å². The van der Waals surface area contributed by atoms with E-state index in [1.807, 2.05) is 12.4 Å². The number of aliphatic hydroxyl groups is 1. The molecule has 0 aromatic carbocycles. The van der Waals surface area contributed by atoms with Crippen molar-refractivity contribution >= 4 is 0 Å². The van der Waals surface area contributed by atoms with Gasteiger partial charge in [-0.25, -0.2) is 0 Å². The number of rotatable bonds is 4. The van der Waals surface area contributed by atoms with Gasteiger partial charge in [0.2, 0.25) is 0 Å². The molecule has 0 radical (unpaired) electrons. The first-order valence-electron chi connectivity index (χ1n) is 5.60. The normalized spacial score (nSPS) is 22.1. The lowest BCUT2D eigenvalue weighted by atomic mass is 10.1. The molecule has 1 aliphatic heterocycles. The number of nitrogens with zero attached hydrogens (tertiary/aromatic N) is 2. The summed E-state index contributed by atoms with van der Waals surface area (Å²) >= 11 is 0. The molecule has 0 amide bonds. The van der Waals surface area contributed by atoms with Crippen molar-refractivity contribution in [2.45, 2.75) is 19.4 Å². The lowest BCUT2D eigenvalue weighted by Crippen LogP contribution is -2.20. The van der Waals surface area contributed by atoms with Crippen molar-refractivity contribution < 1.29 is 5.11 Å². The van der Waals surface area contributed by atoms with Crippen LogP contribution in [0, 0.1) is 5.92 Å². The number of hydrogen-bond acceptors (Lipinski definition) is 3. The molecule has 1 atom stereocenters. The van der Waals surface area contributed by atoms with E-state index < -0.39 is 0 Å². The van der Waals surface area contributed by atoms with E-state index in [-0.39, 0.29) is 0 Å². The van der Waals surface area contributed by atoms with Crippen molar-refractivity contribution in [3.8, 4) is 0 Å². The fourth-order valence-electron chi connectivity index (χ4n) is 2.22. The molecule has 1 saturated heterocycles. The molecule has 3 nitrogen and oxygen atoms in total. The molecule has 0 spiro atoms. The predicted molar refractivity (Wildman–Crippen MR) is 59.3 cm³/mol. The van der Waals surface area contributed by atoms with Crippen LogP contribution in [0.1, 0.15) is 18.4 Å². The summed E-state index contributed by atoms with van der Waals surface area (Å²) in [6.45, 7) is 3.63. The van der Waals surface area contributed by atoms with Crippen molar-refractivity contribution in [1.82, 2.24) is 9.88 Å². The molecular weight excluding hydrogens is 188 g/mol. The summed E-state index contributed by atoms with van der Waals surface area (Å²) in [6.07, 6.45) is 5.87. The molecule has 82 valence electrons. The van der Waals surface area contributed by atoms with Gasteiger partial charge >= 0.3 is 0 Å². The first kappa shape index (κ1) is 10.6. The zero-order chi connectivity index (χ0) is 10.5. The molecule has 15 heavy (non-hydrogen) atoms. The fourth-order valence-corrected chi connectivity index (χ4v) is 2.22. The summed E-state index contributed by atoms with van der Waals surface area (Å²) in [5, 5.41) is 8.88. The second-order valence-electron chi connectivity index (χ2n) is 4.26. The van der Waals surface area contributed by atoms with E-state index in [9.17, 15) is 0 Å². The van der Waals surface area contributed by atoms with Crippen molar-refractivity contribution in [2.75, 3.05) is 19.7 Å². The summed E-state index contributed by atoms with van der Waals surface area (Å²) in [4.78, 5) is 6.47. The Morgan fingerprint density at radius 2 is 2.20 bits per heavy atom. The minimum absolute atomic E-state index is 0.327. The van der Waals surface area contributed by atoms with E-state index in [0.29, 0.717) is 12.5 Å². The third-order valence-electron chi connectivity index (χ3n) is 3.06. The van der Waals surface area contributed by atoms with E-state index in [0.717, 1.165) is 26.1 Å². The maximum absolute atomic E-state index is 8.88. The van der Waals surface area contributed by atoms with Gasteiger partial charge in [-0.2, -0.15) is 0 Å². The lowest BCUT2D eigenvalue weighted by molar-refractivity contribution is 0.249. The van der Waals surface area contributed by atoms with Gasteiger partial charge < -0.3 is 5.11 Å². The molecule has 2 rings (SSSR count). The maximum atomic E-state index is 8.88. The Bertz CT molecular complexity index is 289. The molecule has 1 aliphatic rings. The molecule has 1 unspecified atom stereocenters. The molecular formula is C12H18N2O. The Balaban J connectivity index is 1.82. The Morgan fingerprint density at radius 3 is 2.93 bits per heavy atom. The van der Waals surface area contributed by atoms with E-state index in [4.69, 9.17) is 5.11 Å². The number of hydrogen-bond donors (Lipinski definition) is 1. The van der Waals surface area contributed by atoms with E-state index >= 15 is 0 Å². The number of likely N-dealkylation sites (tertiary alicyclic amines) is 1. The first-order valence-corrected chi connectivity index (χ1v) is 5.60. The van der Waals surface area contributed by atoms with Crippen LogP contribution in [0.15, 0.2) is 24.5 Å². The van der Waals surface area contributed by atoms with Crippen molar-refractivity contribution in [3.63, 3.8) is 0 Å². The number of pyridine rings is 1. The van der Waals surface area contributed by atoms with Crippen LogP contribution in [0.5, 0.6) is 0 Å². The fraction of sp³-hybridized carbons (Fsp3) is 0.583. The molecule has 2 heterocycles. The van der Waals surface area contributed by atoms with Gasteiger partial charge in [0, 0.05) is 32.1 Å². The predicted octanol–water partition coefficient (Wildman–Crippen LogP) is 1.29. The lowest BCUT2D eigenvalue weighted by Gasteiger charge is -2.15. The Morgan fingerprint density at radius 1 is 1.40 bits per heavy atom. The van der Waals surface area contributed by atoms with Crippen LogP contribution < -0.4 is 0 Å². The SMILES string of the molecule is OCCC1CCN(Cc2ccncc2)C1. The molecule has 0 saturated carbocycles. The van der Waals surface area contributed by atoms with E-state index in [2.05, 4.69) is 22.0 Å². The summed E-state index contributed by atoms with van der Waals surface area (Å²) in [5.74, 6) is 0.692. The molecule has 1 N–H and O–H groups in total. The van der Waals surface area contributed by atoms with Gasteiger partial charge in [-0.15, -0.1) is 0 Å². The van der Waals surface area contributed by atoms with E-state index in [1.54, 1.807) is 0 Å². The van der Waals surface area contributed by atoms with E-state index in [1.165, 1.54) is 12.0 Å². The smallest absolute Gasteiger partial charge is 0.0434 e. The second-order valence-corrected chi connectivity index (χ2v) is 4.26. The maximum Gasteiger partial charge on any atom is 0.0434 e. The Kier molecular flexibility index (Phi) is 3.69. The largest absolute Gasteiger partial charge is 0.396 e. The van der Waals surface area contributed by atoms with Crippen LogP contribution >= 0.6 is 0 Å². The van der Waals surface area contributed by atoms with Gasteiger partial charge in [0.05, 0.1) is 0 Å². The highest BCUT2D eigenvalue weighted by Gasteiger charge is 2.21. The highest BCUT2D eigenvalue weighted by Crippen LogP contribution is 2.20. The van der Waals surface area contributed by atoms with Gasteiger partial charge in [-0.3, -0.25) is 9.88 Å². The molecule has 0 aliphatic carbocycles. The van der Waals surface area contributed by atoms with Gasteiger partial charge in [0.25, 0.3) is 0 Å². The van der Waals surface area contributed by atoms with Crippen LogP contribution in [-0.4, -0.2) is 34.7 Å². The van der Waals surface area contributed by atoms with Gasteiger partial charge in [0.1, 0.15) is 0 Å². The van der Waals surface area contributed by atoms with Gasteiger partial charge in [0.15, 0.2) is 0 Å². The zero-order valence-electron chi connectivity index (χ0n) is 8.97. The van der Waals surface area contributed by atoms with Crippen LogP contribution in [-0.2, 0) is 6.54 Å². The first-order chi connectivity index (χ1) is 7.38. The van der Waals surface area contributed by atoms with Crippen LogP contribution in [0.25, 0.3) is 0 Å². The van der Waals surface area contributed by atoms with Crippen LogP contribution in [0.3, 0.4) is 0 Å². The second kappa shape index (κ2) is 5.24. The monoisotopic (exact) mass is 206 g/mol. The third-order valence-corrected chi connectivity index (χ3v) is 3.06. The van der Waals surface area contributed by atoms with Crippen molar-refractivity contribution in [2.24, 2.45) is 5.92 Å². The summed E-state index contributed by atoms with van der Waals surface area (Å²) < 4.78 is 0. The minimum atomic E-state index is 0.327. The Hall–Kier alpha value is -0.930. The highest BCUT2D eigenvalue weighted by molar-refractivity contribution is 5.09. The van der Waals surface area contributed by atoms with Crippen molar-refractivity contribution in [3.05, 3.63) is 30.1 Å². The summed E-state index contributed by atoms with van der Waals surface area (Å²) in [6, 6.07) is 4.14. The van der Waals surface area contributed by atoms with Gasteiger partial charge in [-0.05, 0) is 43.0 Å². The zero-order valence-corrected chi connectivity index (χ0v) is 8.97. The summed E-state index contributed by atoms with van der Waals surface area (Å²) in [5.41, 5.74) is 1.33. The van der Waals surface area contributed by atoms with Crippen LogP contribution in [0.4, 0.5) is 0 Å². The van der Waals surface area contributed by atoms with Crippen LogP contribution in [0.2, 0.25) is 0 Å². The molecule has 1 aromatic heterocycles. The highest BCUT2D eigenvalue weighted by atomic mass is 16.3. The minimum Gasteiger partial charge on any atom is -0.396 e. The standard InChI is InChI=1S/C12H18N2O/c15-8-4-12-3-7-14(10-12)9-11-1-5-13-6-2-11/h1-2,5-6,12,15H,3-4,7-10H2. The average Bonchev–Trinajstić information content (AvgIpc) is 2.68. The third kappa shape index (κ3) is 3.01.